The van der Waals surface area contributed by atoms with Crippen LogP contribution in [0, 0.1) is 24.5 Å². The monoisotopic (exact) mass is 225 g/mol. The van der Waals surface area contributed by atoms with Gasteiger partial charge in [-0.15, -0.1) is 0 Å². The Hall–Kier alpha value is -0.960. The lowest BCUT2D eigenvalue weighted by Crippen LogP contribution is -2.34. The second kappa shape index (κ2) is 4.50. The Morgan fingerprint density at radius 2 is 1.94 bits per heavy atom. The van der Waals surface area contributed by atoms with Crippen LogP contribution in [0.2, 0.25) is 0 Å². The molecule has 0 radical (unpaired) electrons. The number of halogens is 2. The van der Waals surface area contributed by atoms with E-state index in [1.54, 1.807) is 19.1 Å². The SMILES string of the molecule is Cc1ccc(C2CNCC(C)C2)c(F)c1F. The number of benzene rings is 1. The fraction of sp³-hybridized carbons (Fsp3) is 0.538. The molecule has 1 heterocycles. The molecule has 0 spiro atoms. The first-order valence-electron chi connectivity index (χ1n) is 5.74. The van der Waals surface area contributed by atoms with E-state index in [1.165, 1.54) is 0 Å². The van der Waals surface area contributed by atoms with Crippen molar-refractivity contribution in [2.45, 2.75) is 26.2 Å². The zero-order valence-electron chi connectivity index (χ0n) is 9.69. The van der Waals surface area contributed by atoms with Gasteiger partial charge in [-0.25, -0.2) is 8.78 Å². The van der Waals surface area contributed by atoms with Gasteiger partial charge in [-0.2, -0.15) is 0 Å². The summed E-state index contributed by atoms with van der Waals surface area (Å²) in [5.74, 6) is -0.752. The highest BCUT2D eigenvalue weighted by atomic mass is 19.2. The van der Waals surface area contributed by atoms with Crippen LogP contribution in [0.5, 0.6) is 0 Å². The normalized spacial score (nSPS) is 25.8. The number of hydrogen-bond acceptors (Lipinski definition) is 1. The van der Waals surface area contributed by atoms with Crippen molar-refractivity contribution in [3.05, 3.63) is 34.9 Å². The zero-order valence-corrected chi connectivity index (χ0v) is 9.69. The Bertz CT molecular complexity index is 390. The molecular weight excluding hydrogens is 208 g/mol. The molecule has 0 saturated carbocycles. The molecule has 1 aromatic carbocycles. The van der Waals surface area contributed by atoms with Gasteiger partial charge in [0, 0.05) is 6.54 Å². The Balaban J connectivity index is 2.29. The molecule has 1 aliphatic heterocycles. The standard InChI is InChI=1S/C13H17F2N/c1-8-5-10(7-16-6-8)11-4-3-9(2)12(14)13(11)15/h3-4,8,10,16H,5-7H2,1-2H3. The van der Waals surface area contributed by atoms with Crippen LogP contribution >= 0.6 is 0 Å². The summed E-state index contributed by atoms with van der Waals surface area (Å²) in [6.07, 6.45) is 0.923. The summed E-state index contributed by atoms with van der Waals surface area (Å²) in [5.41, 5.74) is 0.889. The van der Waals surface area contributed by atoms with Gasteiger partial charge < -0.3 is 5.32 Å². The van der Waals surface area contributed by atoms with E-state index in [2.05, 4.69) is 12.2 Å². The molecule has 0 aromatic heterocycles. The third-order valence-electron chi connectivity index (χ3n) is 3.32. The molecule has 2 atom stereocenters. The minimum atomic E-state index is -0.698. The lowest BCUT2D eigenvalue weighted by Gasteiger charge is -2.28. The van der Waals surface area contributed by atoms with Crippen molar-refractivity contribution in [1.82, 2.24) is 5.32 Å². The third kappa shape index (κ3) is 2.09. The molecule has 1 nitrogen and oxygen atoms in total. The van der Waals surface area contributed by atoms with Crippen LogP contribution in [-0.2, 0) is 0 Å². The van der Waals surface area contributed by atoms with E-state index in [1.807, 2.05) is 0 Å². The van der Waals surface area contributed by atoms with Gasteiger partial charge in [-0.3, -0.25) is 0 Å². The number of hydrogen-bond donors (Lipinski definition) is 1. The van der Waals surface area contributed by atoms with Crippen molar-refractivity contribution in [2.24, 2.45) is 5.92 Å². The lowest BCUT2D eigenvalue weighted by atomic mass is 9.86. The molecule has 1 saturated heterocycles. The largest absolute Gasteiger partial charge is 0.316 e. The average molecular weight is 225 g/mol. The highest BCUT2D eigenvalue weighted by Gasteiger charge is 2.24. The quantitative estimate of drug-likeness (QED) is 0.774. The topological polar surface area (TPSA) is 12.0 Å². The van der Waals surface area contributed by atoms with Gasteiger partial charge in [-0.1, -0.05) is 19.1 Å². The predicted molar refractivity (Wildman–Crippen MR) is 60.5 cm³/mol. The van der Waals surface area contributed by atoms with Crippen LogP contribution in [-0.4, -0.2) is 13.1 Å². The van der Waals surface area contributed by atoms with Gasteiger partial charge in [0.05, 0.1) is 0 Å². The Kier molecular flexibility index (Phi) is 3.24. The van der Waals surface area contributed by atoms with E-state index in [9.17, 15) is 8.78 Å². The van der Waals surface area contributed by atoms with Crippen LogP contribution < -0.4 is 5.32 Å². The number of nitrogens with one attached hydrogen (secondary N) is 1. The average Bonchev–Trinajstić information content (AvgIpc) is 2.26. The second-order valence-electron chi connectivity index (χ2n) is 4.80. The maximum absolute atomic E-state index is 13.8. The van der Waals surface area contributed by atoms with E-state index in [-0.39, 0.29) is 5.92 Å². The first-order chi connectivity index (χ1) is 7.59. The summed E-state index contributed by atoms with van der Waals surface area (Å²) in [5, 5.41) is 3.26. The van der Waals surface area contributed by atoms with Gasteiger partial charge >= 0.3 is 0 Å². The van der Waals surface area contributed by atoms with Crippen LogP contribution in [0.3, 0.4) is 0 Å². The Morgan fingerprint density at radius 1 is 1.19 bits per heavy atom. The maximum atomic E-state index is 13.8. The number of aryl methyl sites for hydroxylation is 1. The Morgan fingerprint density at radius 3 is 2.62 bits per heavy atom. The van der Waals surface area contributed by atoms with Gasteiger partial charge in [0.25, 0.3) is 0 Å². The highest BCUT2D eigenvalue weighted by Crippen LogP contribution is 2.29. The molecule has 1 aromatic rings. The first-order valence-corrected chi connectivity index (χ1v) is 5.74. The highest BCUT2D eigenvalue weighted by molar-refractivity contribution is 5.28. The molecule has 0 aliphatic carbocycles. The van der Waals surface area contributed by atoms with Crippen molar-refractivity contribution in [2.75, 3.05) is 13.1 Å². The molecule has 3 heteroatoms. The van der Waals surface area contributed by atoms with Crippen molar-refractivity contribution < 1.29 is 8.78 Å². The fourth-order valence-electron chi connectivity index (χ4n) is 2.37. The molecular formula is C13H17F2N. The molecule has 2 unspecified atom stereocenters. The van der Waals surface area contributed by atoms with Gasteiger partial charge in [0.15, 0.2) is 11.6 Å². The van der Waals surface area contributed by atoms with Crippen LogP contribution in [0.15, 0.2) is 12.1 Å². The molecule has 1 aliphatic rings. The summed E-state index contributed by atoms with van der Waals surface area (Å²) >= 11 is 0. The molecule has 0 bridgehead atoms. The van der Waals surface area contributed by atoms with E-state index < -0.39 is 11.6 Å². The summed E-state index contributed by atoms with van der Waals surface area (Å²) in [7, 11) is 0. The van der Waals surface area contributed by atoms with E-state index >= 15 is 0 Å². The van der Waals surface area contributed by atoms with Crippen molar-refractivity contribution in [3.8, 4) is 0 Å². The van der Waals surface area contributed by atoms with E-state index in [0.717, 1.165) is 19.5 Å². The molecule has 1 N–H and O–H groups in total. The molecule has 88 valence electrons. The third-order valence-corrected chi connectivity index (χ3v) is 3.32. The molecule has 0 amide bonds. The summed E-state index contributed by atoms with van der Waals surface area (Å²) in [6, 6.07) is 3.38. The summed E-state index contributed by atoms with van der Waals surface area (Å²) in [4.78, 5) is 0. The predicted octanol–water partition coefficient (Wildman–Crippen LogP) is 2.99. The molecule has 1 fully saturated rings. The number of piperidine rings is 1. The Labute approximate surface area is 94.9 Å². The zero-order chi connectivity index (χ0) is 11.7. The smallest absolute Gasteiger partial charge is 0.162 e. The van der Waals surface area contributed by atoms with Gasteiger partial charge in [0.1, 0.15) is 0 Å². The van der Waals surface area contributed by atoms with Crippen molar-refractivity contribution >= 4 is 0 Å². The minimum absolute atomic E-state index is 0.0962. The summed E-state index contributed by atoms with van der Waals surface area (Å²) in [6.45, 7) is 5.42. The molecule has 2 rings (SSSR count). The van der Waals surface area contributed by atoms with Crippen LogP contribution in [0.1, 0.15) is 30.4 Å². The van der Waals surface area contributed by atoms with Gasteiger partial charge in [-0.05, 0) is 42.9 Å². The van der Waals surface area contributed by atoms with Crippen LogP contribution in [0.4, 0.5) is 8.78 Å². The van der Waals surface area contributed by atoms with Crippen LogP contribution in [0.25, 0.3) is 0 Å². The number of rotatable bonds is 1. The first kappa shape index (κ1) is 11.5. The van der Waals surface area contributed by atoms with Gasteiger partial charge in [0.2, 0.25) is 0 Å². The fourth-order valence-corrected chi connectivity index (χ4v) is 2.37. The van der Waals surface area contributed by atoms with Crippen molar-refractivity contribution in [1.29, 1.82) is 0 Å². The molecule has 16 heavy (non-hydrogen) atoms. The van der Waals surface area contributed by atoms with E-state index in [0.29, 0.717) is 17.0 Å². The summed E-state index contributed by atoms with van der Waals surface area (Å²) < 4.78 is 27.2. The van der Waals surface area contributed by atoms with E-state index in [4.69, 9.17) is 0 Å². The maximum Gasteiger partial charge on any atom is 0.162 e. The second-order valence-corrected chi connectivity index (χ2v) is 4.80. The van der Waals surface area contributed by atoms with Crippen molar-refractivity contribution in [3.63, 3.8) is 0 Å². The minimum Gasteiger partial charge on any atom is -0.316 e. The lowest BCUT2D eigenvalue weighted by molar-refractivity contribution is 0.353.